The smallest absolute Gasteiger partial charge is 0.356 e. The van der Waals surface area contributed by atoms with Crippen LogP contribution in [0.15, 0.2) is 18.3 Å². The van der Waals surface area contributed by atoms with E-state index in [1.165, 1.54) is 12.6 Å². The van der Waals surface area contributed by atoms with Gasteiger partial charge in [-0.2, -0.15) is 0 Å². The summed E-state index contributed by atoms with van der Waals surface area (Å²) >= 11 is 0. The van der Waals surface area contributed by atoms with E-state index in [2.05, 4.69) is 17.2 Å². The van der Waals surface area contributed by atoms with Crippen molar-refractivity contribution in [2.24, 2.45) is 0 Å². The van der Waals surface area contributed by atoms with Crippen molar-refractivity contribution in [2.75, 3.05) is 5.32 Å². The molecule has 16 heavy (non-hydrogen) atoms. The Morgan fingerprint density at radius 1 is 1.62 bits per heavy atom. The van der Waals surface area contributed by atoms with Gasteiger partial charge in [0.1, 0.15) is 0 Å². The molecule has 1 aromatic heterocycles. The number of carboxylic acid groups (broad SMARTS) is 1. The summed E-state index contributed by atoms with van der Waals surface area (Å²) in [5, 5.41) is 12.4. The van der Waals surface area contributed by atoms with Gasteiger partial charge in [0.2, 0.25) is 0 Å². The Bertz CT molecular complexity index is 394. The van der Waals surface area contributed by atoms with Gasteiger partial charge in [0, 0.05) is 11.7 Å². The molecule has 0 atom stereocenters. The van der Waals surface area contributed by atoms with Crippen molar-refractivity contribution >= 4 is 11.7 Å². The first kappa shape index (κ1) is 10.9. The van der Waals surface area contributed by atoms with Crippen LogP contribution in [-0.4, -0.2) is 21.6 Å². The third kappa shape index (κ3) is 1.87. The molecular formula is C12H16N2O2. The van der Waals surface area contributed by atoms with Crippen molar-refractivity contribution in [3.8, 4) is 0 Å². The maximum Gasteiger partial charge on any atom is 0.356 e. The molecule has 0 aromatic carbocycles. The maximum absolute atomic E-state index is 11.0. The monoisotopic (exact) mass is 220 g/mol. The number of rotatable bonds is 4. The third-order valence-electron chi connectivity index (χ3n) is 3.40. The van der Waals surface area contributed by atoms with E-state index in [4.69, 9.17) is 5.11 Å². The predicted octanol–water partition coefficient (Wildman–Crippen LogP) is 2.52. The third-order valence-corrected chi connectivity index (χ3v) is 3.40. The molecule has 1 aliphatic rings. The van der Waals surface area contributed by atoms with Crippen LogP contribution < -0.4 is 5.32 Å². The number of anilines is 1. The fourth-order valence-corrected chi connectivity index (χ4v) is 2.13. The van der Waals surface area contributed by atoms with E-state index in [0.29, 0.717) is 5.69 Å². The highest BCUT2D eigenvalue weighted by molar-refractivity contribution is 5.91. The number of carbonyl (C=O) groups is 1. The van der Waals surface area contributed by atoms with Crippen LogP contribution in [0.2, 0.25) is 0 Å². The number of aromatic carboxylic acids is 1. The van der Waals surface area contributed by atoms with Crippen LogP contribution in [0.4, 0.5) is 5.69 Å². The Morgan fingerprint density at radius 3 is 2.88 bits per heavy atom. The van der Waals surface area contributed by atoms with Crippen molar-refractivity contribution < 1.29 is 9.90 Å². The molecule has 4 nitrogen and oxygen atoms in total. The van der Waals surface area contributed by atoms with Gasteiger partial charge in [-0.05, 0) is 37.8 Å². The van der Waals surface area contributed by atoms with E-state index < -0.39 is 5.97 Å². The van der Waals surface area contributed by atoms with E-state index >= 15 is 0 Å². The van der Waals surface area contributed by atoms with Crippen molar-refractivity contribution in [1.29, 1.82) is 0 Å². The molecule has 0 saturated heterocycles. The minimum atomic E-state index is -0.978. The highest BCUT2D eigenvalue weighted by atomic mass is 16.4. The molecule has 1 aliphatic carbocycles. The van der Waals surface area contributed by atoms with Crippen molar-refractivity contribution in [3.05, 3.63) is 24.0 Å². The van der Waals surface area contributed by atoms with Gasteiger partial charge in [0.05, 0.1) is 5.69 Å². The number of hydrogen-bond acceptors (Lipinski definition) is 3. The number of aromatic nitrogens is 1. The molecule has 86 valence electrons. The van der Waals surface area contributed by atoms with Crippen LogP contribution in [0.25, 0.3) is 0 Å². The summed E-state index contributed by atoms with van der Waals surface area (Å²) in [6.45, 7) is 2.13. The van der Waals surface area contributed by atoms with E-state index in [1.54, 1.807) is 12.1 Å². The first-order valence-electron chi connectivity index (χ1n) is 5.63. The SMILES string of the molecule is CCC1(Nc2cccnc2C(=O)O)CCC1. The maximum atomic E-state index is 11.0. The summed E-state index contributed by atoms with van der Waals surface area (Å²) in [4.78, 5) is 14.9. The van der Waals surface area contributed by atoms with Crippen LogP contribution in [0.5, 0.6) is 0 Å². The number of nitrogens with zero attached hydrogens (tertiary/aromatic N) is 1. The van der Waals surface area contributed by atoms with Crippen molar-refractivity contribution in [3.63, 3.8) is 0 Å². The minimum Gasteiger partial charge on any atom is -0.476 e. The summed E-state index contributed by atoms with van der Waals surface area (Å²) < 4.78 is 0. The molecule has 1 saturated carbocycles. The normalized spacial score (nSPS) is 17.6. The lowest BCUT2D eigenvalue weighted by Gasteiger charge is -2.43. The molecule has 0 bridgehead atoms. The second-order valence-corrected chi connectivity index (χ2v) is 4.32. The number of hydrogen-bond donors (Lipinski definition) is 2. The summed E-state index contributed by atoms with van der Waals surface area (Å²) in [5.41, 5.74) is 0.839. The van der Waals surface area contributed by atoms with Gasteiger partial charge in [-0.25, -0.2) is 9.78 Å². The summed E-state index contributed by atoms with van der Waals surface area (Å²) in [5.74, 6) is -0.978. The summed E-state index contributed by atoms with van der Waals surface area (Å²) in [6.07, 6.45) is 5.95. The van der Waals surface area contributed by atoms with Crippen LogP contribution >= 0.6 is 0 Å². The molecule has 1 fully saturated rings. The van der Waals surface area contributed by atoms with Gasteiger partial charge in [-0.15, -0.1) is 0 Å². The predicted molar refractivity (Wildman–Crippen MR) is 61.7 cm³/mol. The Kier molecular flexibility index (Phi) is 2.81. The van der Waals surface area contributed by atoms with Crippen LogP contribution in [0.1, 0.15) is 43.1 Å². The lowest BCUT2D eigenvalue weighted by atomic mass is 9.74. The van der Waals surface area contributed by atoms with Crippen LogP contribution in [-0.2, 0) is 0 Å². The van der Waals surface area contributed by atoms with Gasteiger partial charge in [0.15, 0.2) is 5.69 Å². The molecule has 4 heteroatoms. The Labute approximate surface area is 94.7 Å². The highest BCUT2D eigenvalue weighted by Crippen LogP contribution is 2.38. The number of pyridine rings is 1. The fourth-order valence-electron chi connectivity index (χ4n) is 2.13. The summed E-state index contributed by atoms with van der Waals surface area (Å²) in [7, 11) is 0. The van der Waals surface area contributed by atoms with Gasteiger partial charge >= 0.3 is 5.97 Å². The van der Waals surface area contributed by atoms with E-state index in [-0.39, 0.29) is 11.2 Å². The van der Waals surface area contributed by atoms with Gasteiger partial charge in [-0.3, -0.25) is 0 Å². The number of nitrogens with one attached hydrogen (secondary N) is 1. The van der Waals surface area contributed by atoms with E-state index in [1.807, 2.05) is 0 Å². The number of carboxylic acids is 1. The summed E-state index contributed by atoms with van der Waals surface area (Å²) in [6, 6.07) is 3.54. The quantitative estimate of drug-likeness (QED) is 0.818. The second kappa shape index (κ2) is 4.12. The molecule has 1 heterocycles. The average Bonchev–Trinajstić information content (AvgIpc) is 2.24. The second-order valence-electron chi connectivity index (χ2n) is 4.32. The Balaban J connectivity index is 2.23. The lowest BCUT2D eigenvalue weighted by molar-refractivity contribution is 0.0691. The zero-order valence-electron chi connectivity index (χ0n) is 9.36. The molecular weight excluding hydrogens is 204 g/mol. The molecule has 2 N–H and O–H groups in total. The molecule has 2 rings (SSSR count). The van der Waals surface area contributed by atoms with Crippen molar-refractivity contribution in [1.82, 2.24) is 4.98 Å². The van der Waals surface area contributed by atoms with Crippen LogP contribution in [0.3, 0.4) is 0 Å². The first-order chi connectivity index (χ1) is 7.67. The van der Waals surface area contributed by atoms with Crippen molar-refractivity contribution in [2.45, 2.75) is 38.1 Å². The molecule has 1 aromatic rings. The average molecular weight is 220 g/mol. The topological polar surface area (TPSA) is 62.2 Å². The standard InChI is InChI=1S/C12H16N2O2/c1-2-12(6-4-7-12)14-9-5-3-8-13-10(9)11(15)16/h3,5,8,14H,2,4,6-7H2,1H3,(H,15,16). The molecule has 0 aliphatic heterocycles. The zero-order valence-corrected chi connectivity index (χ0v) is 9.36. The van der Waals surface area contributed by atoms with E-state index in [9.17, 15) is 4.79 Å². The Hall–Kier alpha value is -1.58. The van der Waals surface area contributed by atoms with E-state index in [0.717, 1.165) is 19.3 Å². The minimum absolute atomic E-state index is 0.0905. The van der Waals surface area contributed by atoms with Gasteiger partial charge in [0.25, 0.3) is 0 Å². The fraction of sp³-hybridized carbons (Fsp3) is 0.500. The highest BCUT2D eigenvalue weighted by Gasteiger charge is 2.35. The molecule has 0 amide bonds. The lowest BCUT2D eigenvalue weighted by Crippen LogP contribution is -2.44. The Morgan fingerprint density at radius 2 is 2.38 bits per heavy atom. The molecule has 0 unspecified atom stereocenters. The van der Waals surface area contributed by atoms with Gasteiger partial charge < -0.3 is 10.4 Å². The van der Waals surface area contributed by atoms with Gasteiger partial charge in [-0.1, -0.05) is 6.92 Å². The largest absolute Gasteiger partial charge is 0.476 e. The first-order valence-corrected chi connectivity index (χ1v) is 5.63. The molecule has 0 spiro atoms. The zero-order chi connectivity index (χ0) is 11.6. The molecule has 0 radical (unpaired) electrons. The van der Waals surface area contributed by atoms with Crippen LogP contribution in [0, 0.1) is 0 Å².